The van der Waals surface area contributed by atoms with E-state index < -0.39 is 28.7 Å². The van der Waals surface area contributed by atoms with E-state index in [-0.39, 0.29) is 0 Å². The molecule has 4 atom stereocenters. The van der Waals surface area contributed by atoms with E-state index in [1.165, 1.54) is 20.8 Å². The van der Waals surface area contributed by atoms with Crippen LogP contribution in [0.3, 0.4) is 0 Å². The molecule has 1 aromatic carbocycles. The quantitative estimate of drug-likeness (QED) is 0.770. The molecular weight excluding hydrogens is 272 g/mol. The van der Waals surface area contributed by atoms with E-state index in [1.807, 2.05) is 6.07 Å². The number of hydrogen-bond donors (Lipinski definition) is 3. The summed E-state index contributed by atoms with van der Waals surface area (Å²) in [5.74, 6) is 0.510. The van der Waals surface area contributed by atoms with Gasteiger partial charge in [0.25, 0.3) is 0 Å². The molecule has 0 aromatic heterocycles. The summed E-state index contributed by atoms with van der Waals surface area (Å²) in [6, 6.07) is 8.90. The van der Waals surface area contributed by atoms with Crippen LogP contribution in [-0.2, 0) is 4.74 Å². The molecule has 1 fully saturated rings. The maximum atomic E-state index is 10.8. The predicted octanol–water partition coefficient (Wildman–Crippen LogP) is 1.45. The van der Waals surface area contributed by atoms with Gasteiger partial charge in [-0.25, -0.2) is 0 Å². The third-order valence-electron chi connectivity index (χ3n) is 4.95. The summed E-state index contributed by atoms with van der Waals surface area (Å²) in [4.78, 5) is 0. The van der Waals surface area contributed by atoms with E-state index in [4.69, 9.17) is 9.47 Å². The highest BCUT2D eigenvalue weighted by molar-refractivity contribution is 5.23. The van der Waals surface area contributed by atoms with E-state index in [0.717, 1.165) is 0 Å². The lowest BCUT2D eigenvalue weighted by atomic mass is 9.64. The smallest absolute Gasteiger partial charge is 0.232 e. The minimum absolute atomic E-state index is 0.510. The van der Waals surface area contributed by atoms with Crippen LogP contribution < -0.4 is 4.74 Å². The molecule has 1 aliphatic heterocycles. The molecule has 1 aliphatic rings. The van der Waals surface area contributed by atoms with Gasteiger partial charge in [0.1, 0.15) is 17.0 Å². The second-order valence-electron chi connectivity index (χ2n) is 6.68. The zero-order chi connectivity index (χ0) is 16.1. The Morgan fingerprint density at radius 1 is 0.905 bits per heavy atom. The number of aliphatic hydroxyl groups is 3. The van der Waals surface area contributed by atoms with Gasteiger partial charge in [-0.3, -0.25) is 0 Å². The second kappa shape index (κ2) is 4.68. The van der Waals surface area contributed by atoms with Crippen LogP contribution in [0.1, 0.15) is 34.6 Å². The van der Waals surface area contributed by atoms with Crippen molar-refractivity contribution in [1.29, 1.82) is 0 Å². The Bertz CT molecular complexity index is 505. The maximum absolute atomic E-state index is 10.8. The Balaban J connectivity index is 2.39. The number of para-hydroxylation sites is 1. The summed E-state index contributed by atoms with van der Waals surface area (Å²) in [6.45, 7) is 7.53. The first-order valence-corrected chi connectivity index (χ1v) is 7.00. The minimum atomic E-state index is -1.83. The van der Waals surface area contributed by atoms with Crippen molar-refractivity contribution in [3.05, 3.63) is 30.3 Å². The van der Waals surface area contributed by atoms with Gasteiger partial charge < -0.3 is 24.8 Å². The topological polar surface area (TPSA) is 79.2 Å². The van der Waals surface area contributed by atoms with Crippen LogP contribution in [0, 0.1) is 0 Å². The SMILES string of the molecule is CC1(C)O[C@@H](Oc2ccccc2)[C@](C)(O)[C@@](C)(O)[C@@]1(C)O. The maximum Gasteiger partial charge on any atom is 0.232 e. The van der Waals surface area contributed by atoms with Crippen molar-refractivity contribution in [2.75, 3.05) is 0 Å². The minimum Gasteiger partial charge on any atom is -0.462 e. The molecular formula is C16H24O5. The fourth-order valence-corrected chi connectivity index (χ4v) is 2.57. The van der Waals surface area contributed by atoms with Crippen molar-refractivity contribution in [2.45, 2.75) is 63.3 Å². The molecule has 0 aliphatic carbocycles. The van der Waals surface area contributed by atoms with E-state index in [0.29, 0.717) is 5.75 Å². The van der Waals surface area contributed by atoms with Crippen molar-refractivity contribution in [3.8, 4) is 5.75 Å². The zero-order valence-electron chi connectivity index (χ0n) is 13.1. The van der Waals surface area contributed by atoms with Gasteiger partial charge in [-0.05, 0) is 46.8 Å². The lowest BCUT2D eigenvalue weighted by molar-refractivity contribution is -0.396. The monoisotopic (exact) mass is 296 g/mol. The van der Waals surface area contributed by atoms with Gasteiger partial charge in [0.15, 0.2) is 5.60 Å². The molecule has 118 valence electrons. The Morgan fingerprint density at radius 3 is 1.95 bits per heavy atom. The van der Waals surface area contributed by atoms with Gasteiger partial charge >= 0.3 is 0 Å². The summed E-state index contributed by atoms with van der Waals surface area (Å²) in [5.41, 5.74) is -6.42. The fourth-order valence-electron chi connectivity index (χ4n) is 2.57. The normalized spacial score (nSPS) is 42.6. The Labute approximate surface area is 125 Å². The highest BCUT2D eigenvalue weighted by Gasteiger charge is 2.69. The first-order valence-electron chi connectivity index (χ1n) is 7.00. The van der Waals surface area contributed by atoms with Crippen molar-refractivity contribution in [1.82, 2.24) is 0 Å². The molecule has 1 aromatic rings. The highest BCUT2D eigenvalue weighted by Crippen LogP contribution is 2.49. The number of ether oxygens (including phenoxy) is 2. The summed E-state index contributed by atoms with van der Waals surface area (Å²) >= 11 is 0. The molecule has 1 saturated heterocycles. The summed E-state index contributed by atoms with van der Waals surface area (Å²) in [5, 5.41) is 32.1. The van der Waals surface area contributed by atoms with Gasteiger partial charge in [0.05, 0.1) is 5.60 Å². The third-order valence-corrected chi connectivity index (χ3v) is 4.95. The zero-order valence-corrected chi connectivity index (χ0v) is 13.1. The lowest BCUT2D eigenvalue weighted by Gasteiger charge is -2.60. The van der Waals surface area contributed by atoms with Gasteiger partial charge in [-0.2, -0.15) is 0 Å². The van der Waals surface area contributed by atoms with E-state index in [1.54, 1.807) is 38.1 Å². The van der Waals surface area contributed by atoms with Crippen molar-refractivity contribution < 1.29 is 24.8 Å². The van der Waals surface area contributed by atoms with E-state index >= 15 is 0 Å². The third kappa shape index (κ3) is 2.25. The molecule has 0 bridgehead atoms. The van der Waals surface area contributed by atoms with Crippen LogP contribution >= 0.6 is 0 Å². The van der Waals surface area contributed by atoms with Gasteiger partial charge in [0.2, 0.25) is 6.29 Å². The largest absolute Gasteiger partial charge is 0.462 e. The van der Waals surface area contributed by atoms with Crippen LogP contribution in [0.15, 0.2) is 30.3 Å². The van der Waals surface area contributed by atoms with Crippen LogP contribution in [0.5, 0.6) is 5.75 Å². The van der Waals surface area contributed by atoms with Gasteiger partial charge in [-0.1, -0.05) is 18.2 Å². The van der Waals surface area contributed by atoms with Gasteiger partial charge in [0, 0.05) is 0 Å². The van der Waals surface area contributed by atoms with Crippen LogP contribution in [0.25, 0.3) is 0 Å². The summed E-state index contributed by atoms with van der Waals surface area (Å²) < 4.78 is 11.5. The number of hydrogen-bond acceptors (Lipinski definition) is 5. The standard InChI is InChI=1S/C16H24O5/c1-13(2)15(4,18)16(5,19)14(3,17)12(21-13)20-11-9-7-6-8-10-11/h6-10,12,17-19H,1-5H3/t12-,14+,15+,16-/m1/s1. The molecule has 5 nitrogen and oxygen atoms in total. The second-order valence-corrected chi connectivity index (χ2v) is 6.68. The molecule has 0 radical (unpaired) electrons. The number of rotatable bonds is 2. The van der Waals surface area contributed by atoms with Crippen molar-refractivity contribution in [2.24, 2.45) is 0 Å². The Morgan fingerprint density at radius 2 is 1.43 bits per heavy atom. The highest BCUT2D eigenvalue weighted by atomic mass is 16.7. The predicted molar refractivity (Wildman–Crippen MR) is 77.9 cm³/mol. The van der Waals surface area contributed by atoms with Crippen molar-refractivity contribution >= 4 is 0 Å². The van der Waals surface area contributed by atoms with Crippen LogP contribution in [-0.4, -0.2) is 44.0 Å². The van der Waals surface area contributed by atoms with Crippen LogP contribution in [0.4, 0.5) is 0 Å². The Kier molecular flexibility index (Phi) is 3.62. The molecule has 5 heteroatoms. The molecule has 0 amide bonds. The Hall–Kier alpha value is -1.14. The lowest BCUT2D eigenvalue weighted by Crippen LogP contribution is -2.80. The van der Waals surface area contributed by atoms with Crippen LogP contribution in [0.2, 0.25) is 0 Å². The molecule has 2 rings (SSSR count). The average molecular weight is 296 g/mol. The van der Waals surface area contributed by atoms with E-state index in [9.17, 15) is 15.3 Å². The molecule has 3 N–H and O–H groups in total. The first-order chi connectivity index (χ1) is 9.43. The molecule has 0 saturated carbocycles. The summed E-state index contributed by atoms with van der Waals surface area (Å²) in [6.07, 6.45) is -1.12. The molecule has 0 spiro atoms. The molecule has 1 heterocycles. The molecule has 21 heavy (non-hydrogen) atoms. The van der Waals surface area contributed by atoms with Gasteiger partial charge in [-0.15, -0.1) is 0 Å². The van der Waals surface area contributed by atoms with Crippen molar-refractivity contribution in [3.63, 3.8) is 0 Å². The molecule has 0 unspecified atom stereocenters. The first kappa shape index (κ1) is 16.2. The van der Waals surface area contributed by atoms with E-state index in [2.05, 4.69) is 0 Å². The fraction of sp³-hybridized carbons (Fsp3) is 0.625. The summed E-state index contributed by atoms with van der Waals surface area (Å²) in [7, 11) is 0. The average Bonchev–Trinajstić information content (AvgIpc) is 2.37. The number of benzene rings is 1.